The minimum Gasteiger partial charge on any atom is -0.489 e. The van der Waals surface area contributed by atoms with Crippen molar-refractivity contribution in [3.8, 4) is 17.1 Å². The highest BCUT2D eigenvalue weighted by Gasteiger charge is 2.23. The minimum atomic E-state index is -3.61. The van der Waals surface area contributed by atoms with E-state index in [1.54, 1.807) is 24.0 Å². The highest BCUT2D eigenvalue weighted by Crippen LogP contribution is 2.30. The van der Waals surface area contributed by atoms with E-state index in [0.29, 0.717) is 46.2 Å². The second-order valence-corrected chi connectivity index (χ2v) is 10.4. The van der Waals surface area contributed by atoms with Crippen LogP contribution in [0.3, 0.4) is 0 Å². The molecule has 0 bridgehead atoms. The van der Waals surface area contributed by atoms with E-state index in [9.17, 15) is 8.42 Å². The van der Waals surface area contributed by atoms with Crippen molar-refractivity contribution in [1.29, 1.82) is 0 Å². The molecule has 184 valence electrons. The van der Waals surface area contributed by atoms with Gasteiger partial charge in [-0.1, -0.05) is 6.58 Å². The lowest BCUT2D eigenvalue weighted by molar-refractivity contribution is 0.0396. The summed E-state index contributed by atoms with van der Waals surface area (Å²) < 4.78 is 38.7. The maximum absolute atomic E-state index is 12.0. The number of halogens is 1. The van der Waals surface area contributed by atoms with Crippen molar-refractivity contribution < 1.29 is 17.9 Å². The first-order chi connectivity index (χ1) is 16.6. The van der Waals surface area contributed by atoms with Gasteiger partial charge in [0.1, 0.15) is 29.1 Å². The van der Waals surface area contributed by atoms with E-state index < -0.39 is 10.0 Å². The summed E-state index contributed by atoms with van der Waals surface area (Å²) in [5.74, 6) is 1.02. The van der Waals surface area contributed by atoms with Gasteiger partial charge in [-0.15, -0.1) is 5.10 Å². The van der Waals surface area contributed by atoms with E-state index in [0.717, 1.165) is 21.7 Å². The van der Waals surface area contributed by atoms with E-state index in [1.807, 2.05) is 26.0 Å². The number of hydrogen-bond acceptors (Lipinski definition) is 9. The Kier molecular flexibility index (Phi) is 7.01. The maximum atomic E-state index is 12.0. The molecule has 0 radical (unpaired) electrons. The summed E-state index contributed by atoms with van der Waals surface area (Å²) in [7, 11) is -1.80. The zero-order valence-electron chi connectivity index (χ0n) is 19.6. The van der Waals surface area contributed by atoms with Crippen LogP contribution in [0.4, 0.5) is 0 Å². The first-order valence-corrected chi connectivity index (χ1v) is 13.2. The van der Waals surface area contributed by atoms with Crippen LogP contribution in [0, 0.1) is 6.92 Å². The van der Waals surface area contributed by atoms with Gasteiger partial charge in [0, 0.05) is 12.7 Å². The van der Waals surface area contributed by atoms with Crippen LogP contribution in [-0.2, 0) is 21.8 Å². The number of nitrogens with zero attached hydrogens (tertiary/aromatic N) is 7. The molecule has 4 rings (SSSR count). The molecule has 13 heteroatoms. The van der Waals surface area contributed by atoms with E-state index >= 15 is 0 Å². The van der Waals surface area contributed by atoms with Gasteiger partial charge in [0.05, 0.1) is 42.6 Å². The molecule has 1 atom stereocenters. The molecule has 35 heavy (non-hydrogen) atoms. The van der Waals surface area contributed by atoms with Crippen molar-refractivity contribution >= 4 is 43.1 Å². The van der Waals surface area contributed by atoms with Crippen LogP contribution in [0.5, 0.6) is 5.75 Å². The largest absolute Gasteiger partial charge is 0.489 e. The van der Waals surface area contributed by atoms with Crippen molar-refractivity contribution in [1.82, 2.24) is 33.9 Å². The van der Waals surface area contributed by atoms with E-state index in [2.05, 4.69) is 47.7 Å². The van der Waals surface area contributed by atoms with Crippen LogP contribution < -0.4 is 4.74 Å². The average Bonchev–Trinajstić information content (AvgIpc) is 3.37. The van der Waals surface area contributed by atoms with E-state index in [-0.39, 0.29) is 11.6 Å². The van der Waals surface area contributed by atoms with E-state index in [4.69, 9.17) is 9.47 Å². The van der Waals surface area contributed by atoms with Gasteiger partial charge in [-0.2, -0.15) is 9.19 Å². The molecular formula is C22H24BrN7O4S. The normalized spacial score (nSPS) is 12.7. The van der Waals surface area contributed by atoms with Gasteiger partial charge in [-0.3, -0.25) is 4.68 Å². The van der Waals surface area contributed by atoms with Crippen molar-refractivity contribution in [2.75, 3.05) is 19.5 Å². The number of fused-ring (bicyclic) bond motifs is 1. The molecule has 0 saturated heterocycles. The summed E-state index contributed by atoms with van der Waals surface area (Å²) in [5, 5.41) is 8.37. The molecule has 0 saturated carbocycles. The predicted octanol–water partition coefficient (Wildman–Crippen LogP) is 3.30. The fourth-order valence-electron chi connectivity index (χ4n) is 3.62. The molecule has 0 unspecified atom stereocenters. The Bertz CT molecular complexity index is 1510. The third kappa shape index (κ3) is 5.11. The summed E-state index contributed by atoms with van der Waals surface area (Å²) in [6, 6.07) is 3.74. The SMILES string of the molecule is C=Cc1nc(C)ccc1OCCO[C@H](C)c1c(-c2ncc3c(n2)c(Br)nn3S(C)(=O)=O)cnn1C. The van der Waals surface area contributed by atoms with Crippen LogP contribution in [0.25, 0.3) is 28.5 Å². The van der Waals surface area contributed by atoms with Gasteiger partial charge in [0.25, 0.3) is 10.0 Å². The molecule has 0 spiro atoms. The number of aryl methyl sites for hydroxylation is 2. The first kappa shape index (κ1) is 24.9. The quantitative estimate of drug-likeness (QED) is 0.283. The standard InChI is InChI=1S/C22H24BrN7O4S/c1-6-16-18(8-7-13(2)26-16)34-10-9-33-14(3)20-15(11-25-29(20)4)22-24-12-17-19(27-22)21(23)28-30(17)35(5,31)32/h6-8,11-12,14H,1,9-10H2,2-5H3/t14-/m1/s1. The highest BCUT2D eigenvalue weighted by atomic mass is 79.9. The molecule has 4 heterocycles. The first-order valence-electron chi connectivity index (χ1n) is 10.6. The fraction of sp³-hybridized carbons (Fsp3) is 0.318. The summed E-state index contributed by atoms with van der Waals surface area (Å²) in [5.41, 5.74) is 3.65. The summed E-state index contributed by atoms with van der Waals surface area (Å²) in [6.07, 6.45) is 5.45. The zero-order chi connectivity index (χ0) is 25.3. The zero-order valence-corrected chi connectivity index (χ0v) is 22.0. The summed E-state index contributed by atoms with van der Waals surface area (Å²) in [4.78, 5) is 13.3. The molecule has 0 fully saturated rings. The average molecular weight is 562 g/mol. The topological polar surface area (TPSA) is 127 Å². The Hall–Kier alpha value is -3.16. The van der Waals surface area contributed by atoms with Gasteiger partial charge >= 0.3 is 0 Å². The maximum Gasteiger partial charge on any atom is 0.251 e. The third-order valence-electron chi connectivity index (χ3n) is 5.20. The highest BCUT2D eigenvalue weighted by molar-refractivity contribution is 9.10. The van der Waals surface area contributed by atoms with Gasteiger partial charge in [0.15, 0.2) is 10.4 Å². The molecule has 0 aliphatic rings. The number of aromatic nitrogens is 7. The number of pyridine rings is 1. The Morgan fingerprint density at radius 3 is 2.71 bits per heavy atom. The van der Waals surface area contributed by atoms with Gasteiger partial charge < -0.3 is 9.47 Å². The molecule has 0 aliphatic carbocycles. The lowest BCUT2D eigenvalue weighted by atomic mass is 10.1. The molecule has 11 nitrogen and oxygen atoms in total. The lowest BCUT2D eigenvalue weighted by Gasteiger charge is -2.16. The lowest BCUT2D eigenvalue weighted by Crippen LogP contribution is -2.13. The van der Waals surface area contributed by atoms with Crippen LogP contribution in [0.2, 0.25) is 0 Å². The fourth-order valence-corrected chi connectivity index (χ4v) is 4.90. The predicted molar refractivity (Wildman–Crippen MR) is 134 cm³/mol. The summed E-state index contributed by atoms with van der Waals surface area (Å²) in [6.45, 7) is 8.23. The third-order valence-corrected chi connectivity index (χ3v) is 6.64. The molecule has 4 aromatic rings. The minimum absolute atomic E-state index is 0.277. The van der Waals surface area contributed by atoms with Crippen molar-refractivity contribution in [2.45, 2.75) is 20.0 Å². The van der Waals surface area contributed by atoms with Crippen molar-refractivity contribution in [2.24, 2.45) is 7.05 Å². The Morgan fingerprint density at radius 1 is 1.23 bits per heavy atom. The van der Waals surface area contributed by atoms with Crippen LogP contribution in [-0.4, -0.2) is 61.8 Å². The molecule has 0 aromatic carbocycles. The molecule has 0 aliphatic heterocycles. The number of hydrogen-bond donors (Lipinski definition) is 0. The van der Waals surface area contributed by atoms with Crippen LogP contribution in [0.1, 0.15) is 30.1 Å². The van der Waals surface area contributed by atoms with Crippen molar-refractivity contribution in [3.63, 3.8) is 0 Å². The Morgan fingerprint density at radius 2 is 2.00 bits per heavy atom. The second-order valence-electron chi connectivity index (χ2n) is 7.79. The van der Waals surface area contributed by atoms with Crippen LogP contribution >= 0.6 is 15.9 Å². The monoisotopic (exact) mass is 561 g/mol. The Balaban J connectivity index is 1.52. The van der Waals surface area contributed by atoms with Gasteiger partial charge in [-0.05, 0) is 48.0 Å². The van der Waals surface area contributed by atoms with E-state index in [1.165, 1.54) is 6.20 Å². The number of ether oxygens (including phenoxy) is 2. The molecule has 0 N–H and O–H groups in total. The van der Waals surface area contributed by atoms with Crippen molar-refractivity contribution in [3.05, 3.63) is 52.8 Å². The molecule has 4 aromatic heterocycles. The smallest absolute Gasteiger partial charge is 0.251 e. The Labute approximate surface area is 211 Å². The number of rotatable bonds is 9. The molecular weight excluding hydrogens is 538 g/mol. The van der Waals surface area contributed by atoms with Gasteiger partial charge in [-0.25, -0.2) is 23.4 Å². The second kappa shape index (κ2) is 9.84. The van der Waals surface area contributed by atoms with Crippen LogP contribution in [0.15, 0.2) is 35.7 Å². The van der Waals surface area contributed by atoms with Gasteiger partial charge in [0.2, 0.25) is 0 Å². The molecule has 0 amide bonds. The summed E-state index contributed by atoms with van der Waals surface area (Å²) >= 11 is 3.29.